The lowest BCUT2D eigenvalue weighted by atomic mass is 10.1. The highest BCUT2D eigenvalue weighted by Crippen LogP contribution is 2.05. The zero-order valence-corrected chi connectivity index (χ0v) is 7.23. The summed E-state index contributed by atoms with van der Waals surface area (Å²) < 4.78 is 0. The molecule has 0 aromatic carbocycles. The Bertz CT molecular complexity index is 400. The first-order valence-corrected chi connectivity index (χ1v) is 3.83. The molecule has 0 radical (unpaired) electrons. The number of carboxylic acids is 1. The van der Waals surface area contributed by atoms with E-state index in [1.807, 2.05) is 0 Å². The Morgan fingerprint density at radius 2 is 2.36 bits per heavy atom. The smallest absolute Gasteiger partial charge is 0.346 e. The molecule has 0 fully saturated rings. The zero-order chi connectivity index (χ0) is 10.7. The first-order valence-electron chi connectivity index (χ1n) is 3.83. The molecule has 14 heavy (non-hydrogen) atoms. The van der Waals surface area contributed by atoms with Crippen LogP contribution in [0, 0.1) is 0 Å². The standard InChI is InChI=1S/C7H10N4O3/c8-4(6(12)13)1-3-2-10-7(14)11-5(3)9/h2,4H,1,8H2,(H,12,13)(H3,9,10,11,14). The number of aliphatic carboxylic acids is 1. The Labute approximate surface area is 78.8 Å². The number of hydrogen-bond acceptors (Lipinski definition) is 5. The average molecular weight is 198 g/mol. The van der Waals surface area contributed by atoms with Crippen molar-refractivity contribution >= 4 is 11.8 Å². The summed E-state index contributed by atoms with van der Waals surface area (Å²) in [5.41, 5.74) is 10.5. The van der Waals surface area contributed by atoms with Gasteiger partial charge < -0.3 is 21.6 Å². The fourth-order valence-corrected chi connectivity index (χ4v) is 0.924. The molecule has 6 N–H and O–H groups in total. The van der Waals surface area contributed by atoms with Gasteiger partial charge in [0.1, 0.15) is 11.9 Å². The molecule has 1 atom stereocenters. The van der Waals surface area contributed by atoms with Crippen molar-refractivity contribution < 1.29 is 9.90 Å². The fourth-order valence-electron chi connectivity index (χ4n) is 0.924. The summed E-state index contributed by atoms with van der Waals surface area (Å²) in [6.45, 7) is 0. The van der Waals surface area contributed by atoms with Gasteiger partial charge in [-0.3, -0.25) is 4.79 Å². The van der Waals surface area contributed by atoms with Gasteiger partial charge in [0.05, 0.1) is 0 Å². The molecule has 0 amide bonds. The SMILES string of the molecule is Nc1nc(=O)[nH]cc1CC(N)C(=O)O. The summed E-state index contributed by atoms with van der Waals surface area (Å²) in [5.74, 6) is -1.12. The fraction of sp³-hybridized carbons (Fsp3) is 0.286. The van der Waals surface area contributed by atoms with Crippen molar-refractivity contribution in [1.29, 1.82) is 0 Å². The second-order valence-corrected chi connectivity index (χ2v) is 2.76. The molecule has 1 heterocycles. The minimum Gasteiger partial charge on any atom is -0.480 e. The Hall–Kier alpha value is -1.89. The lowest BCUT2D eigenvalue weighted by Crippen LogP contribution is -2.33. The van der Waals surface area contributed by atoms with E-state index in [0.717, 1.165) is 0 Å². The second kappa shape index (κ2) is 3.88. The first-order chi connectivity index (χ1) is 6.50. The van der Waals surface area contributed by atoms with Crippen LogP contribution in [0.4, 0.5) is 5.82 Å². The van der Waals surface area contributed by atoms with Crippen LogP contribution in [0.3, 0.4) is 0 Å². The van der Waals surface area contributed by atoms with Crippen LogP contribution in [0.25, 0.3) is 0 Å². The number of nitrogen functional groups attached to an aromatic ring is 1. The van der Waals surface area contributed by atoms with Crippen molar-refractivity contribution in [3.8, 4) is 0 Å². The minimum absolute atomic E-state index is 0.00505. The highest BCUT2D eigenvalue weighted by Gasteiger charge is 2.14. The van der Waals surface area contributed by atoms with Gasteiger partial charge in [-0.2, -0.15) is 4.98 Å². The highest BCUT2D eigenvalue weighted by atomic mass is 16.4. The van der Waals surface area contributed by atoms with Gasteiger partial charge in [0.15, 0.2) is 0 Å². The van der Waals surface area contributed by atoms with Crippen molar-refractivity contribution in [2.75, 3.05) is 5.73 Å². The molecule has 7 nitrogen and oxygen atoms in total. The molecule has 0 aliphatic carbocycles. The van der Waals surface area contributed by atoms with Gasteiger partial charge in [-0.15, -0.1) is 0 Å². The second-order valence-electron chi connectivity index (χ2n) is 2.76. The van der Waals surface area contributed by atoms with E-state index in [0.29, 0.717) is 5.56 Å². The summed E-state index contributed by atoms with van der Waals surface area (Å²) in [6.07, 6.45) is 1.35. The zero-order valence-electron chi connectivity index (χ0n) is 7.23. The Kier molecular flexibility index (Phi) is 2.82. The van der Waals surface area contributed by atoms with Crippen molar-refractivity contribution in [3.05, 3.63) is 22.2 Å². The van der Waals surface area contributed by atoms with Crippen LogP contribution in [-0.2, 0) is 11.2 Å². The maximum absolute atomic E-state index is 10.7. The summed E-state index contributed by atoms with van der Waals surface area (Å²) >= 11 is 0. The lowest BCUT2D eigenvalue weighted by Gasteiger charge is -2.06. The third-order valence-electron chi connectivity index (χ3n) is 1.68. The van der Waals surface area contributed by atoms with E-state index < -0.39 is 17.7 Å². The Balaban J connectivity index is 2.87. The molecular formula is C7H10N4O3. The number of rotatable bonds is 3. The first kappa shape index (κ1) is 10.2. The molecular weight excluding hydrogens is 188 g/mol. The Morgan fingerprint density at radius 1 is 1.71 bits per heavy atom. The van der Waals surface area contributed by atoms with E-state index in [9.17, 15) is 9.59 Å². The largest absolute Gasteiger partial charge is 0.480 e. The maximum Gasteiger partial charge on any atom is 0.346 e. The number of aromatic nitrogens is 2. The van der Waals surface area contributed by atoms with Gasteiger partial charge in [0.2, 0.25) is 0 Å². The number of H-pyrrole nitrogens is 1. The van der Waals surface area contributed by atoms with Gasteiger partial charge in [-0.05, 0) is 0 Å². The average Bonchev–Trinajstić information content (AvgIpc) is 2.09. The van der Waals surface area contributed by atoms with Gasteiger partial charge >= 0.3 is 11.7 Å². The summed E-state index contributed by atoms with van der Waals surface area (Å²) in [6, 6.07) is -1.05. The van der Waals surface area contributed by atoms with Crippen LogP contribution < -0.4 is 17.2 Å². The third-order valence-corrected chi connectivity index (χ3v) is 1.68. The van der Waals surface area contributed by atoms with Crippen LogP contribution >= 0.6 is 0 Å². The van der Waals surface area contributed by atoms with Crippen LogP contribution in [-0.4, -0.2) is 27.1 Å². The number of carboxylic acid groups (broad SMARTS) is 1. The molecule has 0 saturated heterocycles. The highest BCUT2D eigenvalue weighted by molar-refractivity contribution is 5.73. The molecule has 1 aromatic heterocycles. The number of nitrogens with one attached hydrogen (secondary N) is 1. The topological polar surface area (TPSA) is 135 Å². The van der Waals surface area contributed by atoms with Crippen LogP contribution in [0.1, 0.15) is 5.56 Å². The molecule has 1 unspecified atom stereocenters. The Morgan fingerprint density at radius 3 is 2.86 bits per heavy atom. The van der Waals surface area contributed by atoms with E-state index in [1.54, 1.807) is 0 Å². The van der Waals surface area contributed by atoms with Gasteiger partial charge in [0, 0.05) is 18.2 Å². The molecule has 76 valence electrons. The number of anilines is 1. The van der Waals surface area contributed by atoms with Crippen molar-refractivity contribution in [2.45, 2.75) is 12.5 Å². The van der Waals surface area contributed by atoms with E-state index in [-0.39, 0.29) is 12.2 Å². The lowest BCUT2D eigenvalue weighted by molar-refractivity contribution is -0.138. The van der Waals surface area contributed by atoms with Crippen molar-refractivity contribution in [1.82, 2.24) is 9.97 Å². The molecule has 1 aromatic rings. The molecule has 0 aliphatic heterocycles. The van der Waals surface area contributed by atoms with Crippen LogP contribution in [0.2, 0.25) is 0 Å². The minimum atomic E-state index is -1.13. The third kappa shape index (κ3) is 2.30. The van der Waals surface area contributed by atoms with Crippen LogP contribution in [0.5, 0.6) is 0 Å². The summed E-state index contributed by atoms with van der Waals surface area (Å²) in [7, 11) is 0. The normalized spacial score (nSPS) is 12.4. The number of aromatic amines is 1. The quantitative estimate of drug-likeness (QED) is 0.457. The number of carbonyl (C=O) groups is 1. The van der Waals surface area contributed by atoms with Crippen molar-refractivity contribution in [3.63, 3.8) is 0 Å². The molecule has 7 heteroatoms. The predicted octanol–water partition coefficient (Wildman–Crippen LogP) is -1.69. The number of nitrogens with two attached hydrogens (primary N) is 2. The molecule has 0 saturated carbocycles. The van der Waals surface area contributed by atoms with Gasteiger partial charge in [0.25, 0.3) is 0 Å². The van der Waals surface area contributed by atoms with Gasteiger partial charge in [-0.25, -0.2) is 4.79 Å². The molecule has 0 bridgehead atoms. The van der Waals surface area contributed by atoms with E-state index >= 15 is 0 Å². The maximum atomic E-state index is 10.7. The molecule has 1 rings (SSSR count). The van der Waals surface area contributed by atoms with Crippen LogP contribution in [0.15, 0.2) is 11.0 Å². The monoisotopic (exact) mass is 198 g/mol. The molecule has 0 spiro atoms. The molecule has 0 aliphatic rings. The van der Waals surface area contributed by atoms with Gasteiger partial charge in [-0.1, -0.05) is 0 Å². The van der Waals surface area contributed by atoms with E-state index in [1.165, 1.54) is 6.20 Å². The summed E-state index contributed by atoms with van der Waals surface area (Å²) in [4.78, 5) is 26.8. The predicted molar refractivity (Wildman–Crippen MR) is 48.6 cm³/mol. The van der Waals surface area contributed by atoms with Crippen molar-refractivity contribution in [2.24, 2.45) is 5.73 Å². The summed E-state index contributed by atoms with van der Waals surface area (Å²) in [5, 5.41) is 8.53. The number of hydrogen-bond donors (Lipinski definition) is 4. The number of nitrogens with zero attached hydrogens (tertiary/aromatic N) is 1. The van der Waals surface area contributed by atoms with E-state index in [4.69, 9.17) is 16.6 Å². The van der Waals surface area contributed by atoms with E-state index in [2.05, 4.69) is 9.97 Å².